The fraction of sp³-hybridized carbons (Fsp3) is 0.118. The first-order valence-electron chi connectivity index (χ1n) is 7.08. The molecule has 1 heterocycles. The average Bonchev–Trinajstić information content (AvgIpc) is 2.55. The Balaban J connectivity index is 1.87. The third-order valence-corrected chi connectivity index (χ3v) is 4.98. The van der Waals surface area contributed by atoms with Crippen molar-refractivity contribution in [2.24, 2.45) is 0 Å². The van der Waals surface area contributed by atoms with Crippen LogP contribution in [0.1, 0.15) is 5.56 Å². The Morgan fingerprint density at radius 2 is 1.96 bits per heavy atom. The molecule has 2 aromatic carbocycles. The van der Waals surface area contributed by atoms with E-state index in [0.29, 0.717) is 11.3 Å². The number of hydrogen-bond acceptors (Lipinski definition) is 4. The van der Waals surface area contributed by atoms with Gasteiger partial charge in [0.15, 0.2) is 9.84 Å². The van der Waals surface area contributed by atoms with Gasteiger partial charge in [0.2, 0.25) is 0 Å². The van der Waals surface area contributed by atoms with Crippen molar-refractivity contribution in [1.82, 2.24) is 0 Å². The van der Waals surface area contributed by atoms with Gasteiger partial charge in [-0.25, -0.2) is 8.42 Å². The van der Waals surface area contributed by atoms with Crippen molar-refractivity contribution in [3.05, 3.63) is 58.6 Å². The number of hydrogen-bond donors (Lipinski definition) is 1. The summed E-state index contributed by atoms with van der Waals surface area (Å²) in [6, 6.07) is 11.6. The van der Waals surface area contributed by atoms with Crippen LogP contribution in [-0.4, -0.2) is 27.2 Å². The molecule has 2 aromatic rings. The molecular weight excluding hydrogens is 350 g/mol. The summed E-state index contributed by atoms with van der Waals surface area (Å²) < 4.78 is 28.8. The monoisotopic (exact) mass is 363 g/mol. The van der Waals surface area contributed by atoms with Crippen molar-refractivity contribution in [1.29, 1.82) is 0 Å². The number of nitrogens with one attached hydrogen (secondary N) is 1. The summed E-state index contributed by atoms with van der Waals surface area (Å²) in [6.07, 6.45) is 2.83. The summed E-state index contributed by atoms with van der Waals surface area (Å²) in [5.74, 6) is 0.322. The Bertz CT molecular complexity index is 951. The van der Waals surface area contributed by atoms with Gasteiger partial charge in [-0.1, -0.05) is 29.8 Å². The van der Waals surface area contributed by atoms with Crippen LogP contribution in [0, 0.1) is 0 Å². The molecule has 0 radical (unpaired) electrons. The maximum atomic E-state index is 12.4. The topological polar surface area (TPSA) is 72.5 Å². The zero-order valence-electron chi connectivity index (χ0n) is 12.7. The zero-order valence-corrected chi connectivity index (χ0v) is 14.3. The number of carbonyl (C=O) groups excluding carboxylic acids is 1. The molecule has 0 spiro atoms. The molecule has 0 fully saturated rings. The minimum atomic E-state index is -3.39. The molecule has 0 unspecified atom stereocenters. The van der Waals surface area contributed by atoms with E-state index in [2.05, 4.69) is 5.32 Å². The number of amides is 1. The summed E-state index contributed by atoms with van der Waals surface area (Å²) in [5.41, 5.74) is 1.48. The quantitative estimate of drug-likeness (QED) is 0.909. The molecule has 1 N–H and O–H groups in total. The average molecular weight is 364 g/mol. The van der Waals surface area contributed by atoms with Crippen LogP contribution in [0.15, 0.2) is 52.9 Å². The van der Waals surface area contributed by atoms with Crippen LogP contribution in [0.25, 0.3) is 6.08 Å². The number of halogens is 1. The van der Waals surface area contributed by atoms with Gasteiger partial charge in [-0.15, -0.1) is 0 Å². The number of sulfone groups is 1. The Labute approximate surface area is 144 Å². The van der Waals surface area contributed by atoms with Gasteiger partial charge < -0.3 is 10.1 Å². The minimum Gasteiger partial charge on any atom is -0.488 e. The molecule has 1 aliphatic rings. The number of ether oxygens (including phenoxy) is 1. The van der Waals surface area contributed by atoms with E-state index >= 15 is 0 Å². The lowest BCUT2D eigenvalue weighted by molar-refractivity contribution is -0.113. The maximum Gasteiger partial charge on any atom is 0.255 e. The van der Waals surface area contributed by atoms with Gasteiger partial charge in [0.05, 0.1) is 21.2 Å². The van der Waals surface area contributed by atoms with Crippen LogP contribution in [0.5, 0.6) is 5.75 Å². The molecule has 0 saturated heterocycles. The van der Waals surface area contributed by atoms with Gasteiger partial charge in [-0.3, -0.25) is 4.79 Å². The first-order chi connectivity index (χ1) is 11.3. The van der Waals surface area contributed by atoms with Crippen LogP contribution >= 0.6 is 11.6 Å². The van der Waals surface area contributed by atoms with Gasteiger partial charge in [0.1, 0.15) is 12.4 Å². The minimum absolute atomic E-state index is 0.0846. The second-order valence-electron chi connectivity index (χ2n) is 5.36. The van der Waals surface area contributed by atoms with Gasteiger partial charge in [0, 0.05) is 11.8 Å². The van der Waals surface area contributed by atoms with E-state index in [1.165, 1.54) is 18.2 Å². The predicted octanol–water partition coefficient (Wildman–Crippen LogP) is 3.16. The fourth-order valence-electron chi connectivity index (χ4n) is 2.28. The SMILES string of the molecule is CS(=O)(=O)c1ccc(Cl)c(NC(=O)C2=Cc3ccccc3OC2)c1. The number of anilines is 1. The molecule has 124 valence electrons. The van der Waals surface area contributed by atoms with Crippen molar-refractivity contribution in [2.75, 3.05) is 18.2 Å². The normalized spacial score (nSPS) is 13.5. The largest absolute Gasteiger partial charge is 0.488 e. The molecule has 1 amide bonds. The summed E-state index contributed by atoms with van der Waals surface area (Å²) >= 11 is 6.05. The summed E-state index contributed by atoms with van der Waals surface area (Å²) in [5, 5.41) is 2.90. The summed E-state index contributed by atoms with van der Waals surface area (Å²) in [6.45, 7) is 0.131. The van der Waals surface area contributed by atoms with E-state index in [1.54, 1.807) is 6.08 Å². The van der Waals surface area contributed by atoms with Gasteiger partial charge >= 0.3 is 0 Å². The molecule has 0 aromatic heterocycles. The highest BCUT2D eigenvalue weighted by Crippen LogP contribution is 2.28. The lowest BCUT2D eigenvalue weighted by Crippen LogP contribution is -2.21. The number of para-hydroxylation sites is 1. The molecule has 3 rings (SSSR count). The van der Waals surface area contributed by atoms with E-state index in [4.69, 9.17) is 16.3 Å². The highest BCUT2D eigenvalue weighted by molar-refractivity contribution is 7.90. The Hall–Kier alpha value is -2.31. The zero-order chi connectivity index (χ0) is 17.3. The third kappa shape index (κ3) is 3.44. The molecule has 5 nitrogen and oxygen atoms in total. The predicted molar refractivity (Wildman–Crippen MR) is 93.1 cm³/mol. The van der Waals surface area contributed by atoms with Crippen molar-refractivity contribution in [3.63, 3.8) is 0 Å². The highest BCUT2D eigenvalue weighted by Gasteiger charge is 2.19. The van der Waals surface area contributed by atoms with Gasteiger partial charge in [-0.05, 0) is 30.3 Å². The lowest BCUT2D eigenvalue weighted by Gasteiger charge is -2.18. The molecule has 0 bridgehead atoms. The summed E-state index contributed by atoms with van der Waals surface area (Å²) in [4.78, 5) is 12.5. The van der Waals surface area contributed by atoms with Crippen LogP contribution in [0.2, 0.25) is 5.02 Å². The third-order valence-electron chi connectivity index (χ3n) is 3.54. The fourth-order valence-corrected chi connectivity index (χ4v) is 3.09. The number of fused-ring (bicyclic) bond motifs is 1. The number of carbonyl (C=O) groups is 1. The van der Waals surface area contributed by atoms with Crippen molar-refractivity contribution in [3.8, 4) is 5.75 Å². The first-order valence-corrected chi connectivity index (χ1v) is 9.35. The van der Waals surface area contributed by atoms with E-state index < -0.39 is 15.7 Å². The van der Waals surface area contributed by atoms with Crippen LogP contribution in [0.3, 0.4) is 0 Å². The Morgan fingerprint density at radius 1 is 1.21 bits per heavy atom. The Morgan fingerprint density at radius 3 is 2.71 bits per heavy atom. The van der Waals surface area contributed by atoms with Crippen molar-refractivity contribution < 1.29 is 17.9 Å². The number of rotatable bonds is 3. The second-order valence-corrected chi connectivity index (χ2v) is 7.79. The van der Waals surface area contributed by atoms with Crippen LogP contribution in [0.4, 0.5) is 5.69 Å². The standard InChI is InChI=1S/C17H14ClNO4S/c1-24(21,22)13-6-7-14(18)15(9-13)19-17(20)12-8-11-4-2-3-5-16(11)23-10-12/h2-9H,10H2,1H3,(H,19,20). The van der Waals surface area contributed by atoms with Gasteiger partial charge in [-0.2, -0.15) is 0 Å². The molecule has 0 aliphatic carbocycles. The first kappa shape index (κ1) is 16.5. The number of benzene rings is 2. The smallest absolute Gasteiger partial charge is 0.255 e. The van der Waals surface area contributed by atoms with Crippen molar-refractivity contribution >= 4 is 39.1 Å². The molecule has 0 saturated carbocycles. The van der Waals surface area contributed by atoms with E-state index in [1.807, 2.05) is 24.3 Å². The summed E-state index contributed by atoms with van der Waals surface area (Å²) in [7, 11) is -3.39. The maximum absolute atomic E-state index is 12.4. The van der Waals surface area contributed by atoms with Crippen LogP contribution < -0.4 is 10.1 Å². The molecule has 7 heteroatoms. The van der Waals surface area contributed by atoms with E-state index in [0.717, 1.165) is 11.8 Å². The molecule has 24 heavy (non-hydrogen) atoms. The van der Waals surface area contributed by atoms with Crippen molar-refractivity contribution in [2.45, 2.75) is 4.90 Å². The lowest BCUT2D eigenvalue weighted by atomic mass is 10.1. The van der Waals surface area contributed by atoms with E-state index in [9.17, 15) is 13.2 Å². The highest BCUT2D eigenvalue weighted by atomic mass is 35.5. The second kappa shape index (κ2) is 6.30. The van der Waals surface area contributed by atoms with E-state index in [-0.39, 0.29) is 22.2 Å². The van der Waals surface area contributed by atoms with Gasteiger partial charge in [0.25, 0.3) is 5.91 Å². The molecule has 1 aliphatic heterocycles. The molecule has 0 atom stereocenters. The molecular formula is C17H14ClNO4S. The Kier molecular flexibility index (Phi) is 4.34. The van der Waals surface area contributed by atoms with Crippen LogP contribution in [-0.2, 0) is 14.6 Å².